The molecule has 0 unspecified atom stereocenters. The quantitative estimate of drug-likeness (QED) is 0.112. The molecule has 4 aromatic rings. The van der Waals surface area contributed by atoms with Crippen LogP contribution in [0.2, 0.25) is 0 Å². The average Bonchev–Trinajstić information content (AvgIpc) is 3.03. The predicted molar refractivity (Wildman–Crippen MR) is 171 cm³/mol. The Labute approximate surface area is 274 Å². The normalized spacial score (nSPS) is 19.7. The highest BCUT2D eigenvalue weighted by molar-refractivity contribution is 5.93. The molecule has 2 atom stereocenters. The van der Waals surface area contributed by atoms with Gasteiger partial charge >= 0.3 is 11.9 Å². The van der Waals surface area contributed by atoms with Gasteiger partial charge in [-0.1, -0.05) is 48.5 Å². The van der Waals surface area contributed by atoms with Gasteiger partial charge in [-0.3, -0.25) is 9.59 Å². The van der Waals surface area contributed by atoms with Crippen molar-refractivity contribution in [1.82, 2.24) is 10.6 Å². The van der Waals surface area contributed by atoms with Crippen molar-refractivity contribution in [2.75, 3.05) is 0 Å². The van der Waals surface area contributed by atoms with Crippen molar-refractivity contribution in [3.05, 3.63) is 119 Å². The first kappa shape index (κ1) is 33.3. The van der Waals surface area contributed by atoms with E-state index in [1.165, 1.54) is 72.8 Å². The van der Waals surface area contributed by atoms with E-state index in [9.17, 15) is 49.8 Å². The third kappa shape index (κ3) is 7.49. The van der Waals surface area contributed by atoms with E-state index >= 15 is 0 Å². The molecule has 0 radical (unpaired) electrons. The molecular weight excluding hydrogens is 620 g/mol. The van der Waals surface area contributed by atoms with Gasteiger partial charge in [-0.05, 0) is 70.8 Å². The van der Waals surface area contributed by atoms with Crippen molar-refractivity contribution in [2.45, 2.75) is 36.8 Å². The van der Waals surface area contributed by atoms with Crippen LogP contribution in [0.15, 0.2) is 97.1 Å². The Morgan fingerprint density at radius 3 is 1.02 bits per heavy atom. The molecule has 2 amide bonds. The lowest BCUT2D eigenvalue weighted by atomic mass is 9.51. The van der Waals surface area contributed by atoms with Crippen LogP contribution in [-0.2, 0) is 32.0 Å². The molecular formula is C36H34N2O10. The van der Waals surface area contributed by atoms with Crippen LogP contribution in [0.1, 0.15) is 34.1 Å². The summed E-state index contributed by atoms with van der Waals surface area (Å²) in [6.07, 6.45) is -0.188. The molecule has 0 heterocycles. The lowest BCUT2D eigenvalue weighted by Crippen LogP contribution is -2.59. The summed E-state index contributed by atoms with van der Waals surface area (Å²) in [5.41, 5.74) is 2.06. The fourth-order valence-electron chi connectivity index (χ4n) is 6.29. The Bertz CT molecular complexity index is 1630. The molecule has 248 valence electrons. The van der Waals surface area contributed by atoms with E-state index in [1.54, 1.807) is 24.3 Å². The number of aromatic hydroxyl groups is 4. The topological polar surface area (TPSA) is 214 Å². The minimum absolute atomic E-state index is 0.00451. The molecule has 0 aromatic heterocycles. The maximum Gasteiger partial charge on any atom is 0.326 e. The molecule has 12 heteroatoms. The molecule has 0 saturated heterocycles. The first-order valence-corrected chi connectivity index (χ1v) is 15.1. The molecule has 1 aliphatic rings. The van der Waals surface area contributed by atoms with Gasteiger partial charge in [0.25, 0.3) is 0 Å². The zero-order chi connectivity index (χ0) is 34.5. The summed E-state index contributed by atoms with van der Waals surface area (Å²) < 4.78 is 0. The third-order valence-electron chi connectivity index (χ3n) is 8.69. The number of hydrogen-bond acceptors (Lipinski definition) is 8. The first-order valence-electron chi connectivity index (χ1n) is 15.1. The molecule has 8 N–H and O–H groups in total. The zero-order valence-corrected chi connectivity index (χ0v) is 25.4. The van der Waals surface area contributed by atoms with Gasteiger partial charge in [0.2, 0.25) is 11.8 Å². The maximum atomic E-state index is 14.1. The number of rotatable bonds is 12. The monoisotopic (exact) mass is 654 g/mol. The van der Waals surface area contributed by atoms with Crippen LogP contribution in [0.25, 0.3) is 0 Å². The van der Waals surface area contributed by atoms with Crippen molar-refractivity contribution in [2.24, 2.45) is 11.8 Å². The largest absolute Gasteiger partial charge is 0.508 e. The fourth-order valence-corrected chi connectivity index (χ4v) is 6.29. The van der Waals surface area contributed by atoms with Gasteiger partial charge in [0.1, 0.15) is 35.1 Å². The Balaban J connectivity index is 1.50. The second-order valence-corrected chi connectivity index (χ2v) is 11.8. The number of phenolic OH excluding ortho intramolecular Hbond substituents is 4. The maximum absolute atomic E-state index is 14.1. The first-order chi connectivity index (χ1) is 22.9. The van der Waals surface area contributed by atoms with E-state index in [0.29, 0.717) is 22.3 Å². The van der Waals surface area contributed by atoms with Crippen LogP contribution < -0.4 is 10.6 Å². The van der Waals surface area contributed by atoms with Crippen molar-refractivity contribution in [1.29, 1.82) is 0 Å². The SMILES string of the molecule is O=C(N[C@H](Cc1ccc(O)cc1)C(=O)O)C1C(c2ccc(O)cc2)C(C(=O)N[C@H](Cc2ccc(O)cc2)C(=O)O)C1c1ccc(O)cc1. The number of nitrogens with one attached hydrogen (secondary N) is 2. The van der Waals surface area contributed by atoms with E-state index in [-0.39, 0.29) is 35.8 Å². The fraction of sp³-hybridized carbons (Fsp3) is 0.222. The summed E-state index contributed by atoms with van der Waals surface area (Å²) in [7, 11) is 0. The number of carbonyl (C=O) groups is 4. The molecule has 0 spiro atoms. The highest BCUT2D eigenvalue weighted by Crippen LogP contribution is 2.58. The highest BCUT2D eigenvalue weighted by atomic mass is 16.4. The van der Waals surface area contributed by atoms with Crippen molar-refractivity contribution >= 4 is 23.8 Å². The van der Waals surface area contributed by atoms with Crippen LogP contribution in [0.4, 0.5) is 0 Å². The molecule has 0 aliphatic heterocycles. The van der Waals surface area contributed by atoms with Gasteiger partial charge < -0.3 is 41.3 Å². The van der Waals surface area contributed by atoms with E-state index in [0.717, 1.165) is 0 Å². The summed E-state index contributed by atoms with van der Waals surface area (Å²) in [6, 6.07) is 20.8. The Kier molecular flexibility index (Phi) is 9.83. The van der Waals surface area contributed by atoms with Crippen LogP contribution in [0.3, 0.4) is 0 Å². The molecule has 48 heavy (non-hydrogen) atoms. The second kappa shape index (κ2) is 14.2. The van der Waals surface area contributed by atoms with Crippen molar-refractivity contribution in [3.8, 4) is 23.0 Å². The van der Waals surface area contributed by atoms with Gasteiger partial charge in [-0.25, -0.2) is 9.59 Å². The smallest absolute Gasteiger partial charge is 0.326 e. The molecule has 5 rings (SSSR count). The van der Waals surface area contributed by atoms with E-state index in [2.05, 4.69) is 10.6 Å². The number of hydrogen-bond donors (Lipinski definition) is 8. The Morgan fingerprint density at radius 1 is 0.479 bits per heavy atom. The molecule has 4 aromatic carbocycles. The van der Waals surface area contributed by atoms with Crippen LogP contribution in [-0.4, -0.2) is 66.5 Å². The molecule has 1 fully saturated rings. The Hall–Kier alpha value is -6.04. The number of carbonyl (C=O) groups excluding carboxylic acids is 2. The van der Waals surface area contributed by atoms with E-state index in [4.69, 9.17) is 0 Å². The third-order valence-corrected chi connectivity index (χ3v) is 8.69. The molecule has 12 nitrogen and oxygen atoms in total. The Morgan fingerprint density at radius 2 is 0.750 bits per heavy atom. The summed E-state index contributed by atoms with van der Waals surface area (Å²) in [5.74, 6) is -7.83. The number of aliphatic carboxylic acids is 2. The lowest BCUT2D eigenvalue weighted by Gasteiger charge is -2.51. The molecule has 1 saturated carbocycles. The van der Waals surface area contributed by atoms with Crippen LogP contribution in [0.5, 0.6) is 23.0 Å². The molecule has 1 aliphatic carbocycles. The lowest BCUT2D eigenvalue weighted by molar-refractivity contribution is -0.148. The van der Waals surface area contributed by atoms with E-state index in [1.807, 2.05) is 0 Å². The summed E-state index contributed by atoms with van der Waals surface area (Å²) in [4.78, 5) is 52.8. The zero-order valence-electron chi connectivity index (χ0n) is 25.4. The summed E-state index contributed by atoms with van der Waals surface area (Å²) in [6.45, 7) is 0. The highest BCUT2D eigenvalue weighted by Gasteiger charge is 2.58. The standard InChI is InChI=1S/C36H34N2O10/c39-23-9-1-19(2-10-23)17-27(35(45)46)37-33(43)31-29(21-5-13-25(41)14-6-21)32(30(31)22-7-15-26(42)16-8-22)34(44)38-28(36(47)48)18-20-3-11-24(40)12-4-20/h1-16,27-32,39-42H,17-18H2,(H,37,43)(H,38,44)(H,45,46)(H,47,48)/t27-,28-,29?,30?,31?,32?/m1/s1. The molecule has 0 bridgehead atoms. The minimum Gasteiger partial charge on any atom is -0.508 e. The van der Waals surface area contributed by atoms with Gasteiger partial charge in [0.15, 0.2) is 0 Å². The van der Waals surface area contributed by atoms with Crippen molar-refractivity contribution < 1.29 is 49.8 Å². The van der Waals surface area contributed by atoms with Crippen molar-refractivity contribution in [3.63, 3.8) is 0 Å². The van der Waals surface area contributed by atoms with Crippen LogP contribution in [0, 0.1) is 11.8 Å². The summed E-state index contributed by atoms with van der Waals surface area (Å²) in [5, 5.41) is 64.4. The number of amides is 2. The predicted octanol–water partition coefficient (Wildman–Crippen LogP) is 3.25. The number of phenols is 4. The van der Waals surface area contributed by atoms with E-state index < -0.39 is 59.5 Å². The second-order valence-electron chi connectivity index (χ2n) is 11.8. The number of benzene rings is 4. The summed E-state index contributed by atoms with van der Waals surface area (Å²) >= 11 is 0. The van der Waals surface area contributed by atoms with Gasteiger partial charge in [-0.2, -0.15) is 0 Å². The average molecular weight is 655 g/mol. The number of carboxylic acid groups (broad SMARTS) is 2. The van der Waals surface area contributed by atoms with Gasteiger partial charge in [0.05, 0.1) is 11.8 Å². The van der Waals surface area contributed by atoms with Crippen LogP contribution >= 0.6 is 0 Å². The van der Waals surface area contributed by atoms with Gasteiger partial charge in [-0.15, -0.1) is 0 Å². The van der Waals surface area contributed by atoms with Gasteiger partial charge in [0, 0.05) is 24.7 Å². The minimum atomic E-state index is -1.36. The number of carboxylic acids is 2.